The fraction of sp³-hybridized carbons (Fsp3) is 0.368. The van der Waals surface area contributed by atoms with E-state index in [0.29, 0.717) is 6.10 Å². The van der Waals surface area contributed by atoms with Gasteiger partial charge in [-0.3, -0.25) is 0 Å². The highest BCUT2D eigenvalue weighted by Crippen LogP contribution is 2.33. The highest BCUT2D eigenvalue weighted by atomic mass is 32.2. The first-order chi connectivity index (χ1) is 12.4. The second-order valence-electron chi connectivity index (χ2n) is 6.06. The van der Waals surface area contributed by atoms with E-state index in [1.165, 1.54) is 35.6 Å². The minimum absolute atomic E-state index is 0.384. The molecular formula is C19H20N2OS3. The van der Waals surface area contributed by atoms with Crippen LogP contribution in [0.3, 0.4) is 0 Å². The Morgan fingerprint density at radius 2 is 1.84 bits per heavy atom. The molecule has 0 N–H and O–H groups in total. The molecule has 0 amide bonds. The van der Waals surface area contributed by atoms with Gasteiger partial charge in [-0.15, -0.1) is 10.2 Å². The third kappa shape index (κ3) is 4.56. The molecule has 2 aromatic carbocycles. The van der Waals surface area contributed by atoms with Crippen LogP contribution >= 0.6 is 34.9 Å². The van der Waals surface area contributed by atoms with Crippen molar-refractivity contribution in [2.24, 2.45) is 0 Å². The van der Waals surface area contributed by atoms with Crippen molar-refractivity contribution in [3.8, 4) is 0 Å². The monoisotopic (exact) mass is 388 g/mol. The topological polar surface area (TPSA) is 35.0 Å². The van der Waals surface area contributed by atoms with E-state index in [2.05, 4.69) is 52.7 Å². The van der Waals surface area contributed by atoms with Crippen LogP contribution in [0.2, 0.25) is 0 Å². The first-order valence-electron chi connectivity index (χ1n) is 8.56. The molecule has 1 saturated heterocycles. The zero-order valence-electron chi connectivity index (χ0n) is 13.9. The van der Waals surface area contributed by atoms with Crippen molar-refractivity contribution in [3.05, 3.63) is 48.0 Å². The lowest BCUT2D eigenvalue weighted by atomic mass is 10.1. The van der Waals surface area contributed by atoms with E-state index in [9.17, 15) is 0 Å². The van der Waals surface area contributed by atoms with Gasteiger partial charge in [0.1, 0.15) is 0 Å². The molecule has 1 aliphatic heterocycles. The van der Waals surface area contributed by atoms with Gasteiger partial charge in [0.15, 0.2) is 8.68 Å². The third-order valence-corrected chi connectivity index (χ3v) is 7.66. The maximum atomic E-state index is 5.78. The standard InChI is InChI=1S/C19H20N2OS3/c1-2-10-17-14(6-1)7-5-8-15(17)12-23-18-20-21-19(25-18)24-13-16-9-3-4-11-22-16/h1-2,5-8,10,16H,3-4,9,11-13H2/t16-/m1/s1. The van der Waals surface area contributed by atoms with Gasteiger partial charge < -0.3 is 4.74 Å². The van der Waals surface area contributed by atoms with Crippen LogP contribution in [-0.4, -0.2) is 28.7 Å². The van der Waals surface area contributed by atoms with Crippen LogP contribution in [-0.2, 0) is 10.5 Å². The molecule has 0 saturated carbocycles. The van der Waals surface area contributed by atoms with E-state index in [0.717, 1.165) is 26.8 Å². The zero-order chi connectivity index (χ0) is 16.9. The third-order valence-electron chi connectivity index (χ3n) is 4.29. The Morgan fingerprint density at radius 1 is 1.00 bits per heavy atom. The predicted molar refractivity (Wildman–Crippen MR) is 108 cm³/mol. The number of nitrogens with zero attached hydrogens (tertiary/aromatic N) is 2. The quantitative estimate of drug-likeness (QED) is 0.510. The van der Waals surface area contributed by atoms with Crippen LogP contribution in [0.5, 0.6) is 0 Å². The van der Waals surface area contributed by atoms with E-state index in [4.69, 9.17) is 4.74 Å². The van der Waals surface area contributed by atoms with Crippen LogP contribution in [0.15, 0.2) is 51.1 Å². The Balaban J connectivity index is 1.34. The largest absolute Gasteiger partial charge is 0.377 e. The van der Waals surface area contributed by atoms with Gasteiger partial charge in [0.05, 0.1) is 6.10 Å². The average molecular weight is 389 g/mol. The van der Waals surface area contributed by atoms with Crippen LogP contribution < -0.4 is 0 Å². The minimum Gasteiger partial charge on any atom is -0.377 e. The van der Waals surface area contributed by atoms with Crippen molar-refractivity contribution in [3.63, 3.8) is 0 Å². The van der Waals surface area contributed by atoms with Crippen molar-refractivity contribution in [1.29, 1.82) is 0 Å². The molecule has 130 valence electrons. The van der Waals surface area contributed by atoms with Gasteiger partial charge in [-0.1, -0.05) is 77.3 Å². The zero-order valence-corrected chi connectivity index (χ0v) is 16.3. The smallest absolute Gasteiger partial charge is 0.175 e. The van der Waals surface area contributed by atoms with Gasteiger partial charge in [0.2, 0.25) is 0 Å². The second-order valence-corrected chi connectivity index (χ2v) is 9.53. The van der Waals surface area contributed by atoms with Gasteiger partial charge in [-0.2, -0.15) is 0 Å². The normalized spacial score (nSPS) is 17.8. The fourth-order valence-corrected chi connectivity index (χ4v) is 6.09. The Labute approximate surface area is 160 Å². The maximum absolute atomic E-state index is 5.78. The van der Waals surface area contributed by atoms with Crippen LogP contribution in [0.1, 0.15) is 24.8 Å². The van der Waals surface area contributed by atoms with Crippen molar-refractivity contribution < 1.29 is 4.74 Å². The molecule has 3 aromatic rings. The molecule has 6 heteroatoms. The molecule has 0 radical (unpaired) electrons. The first kappa shape index (κ1) is 17.3. The van der Waals surface area contributed by atoms with Crippen LogP contribution in [0, 0.1) is 0 Å². The number of benzene rings is 2. The first-order valence-corrected chi connectivity index (χ1v) is 11.3. The summed E-state index contributed by atoms with van der Waals surface area (Å²) in [5, 5.41) is 11.3. The number of aromatic nitrogens is 2. The van der Waals surface area contributed by atoms with Crippen LogP contribution in [0.25, 0.3) is 10.8 Å². The summed E-state index contributed by atoms with van der Waals surface area (Å²) in [5.41, 5.74) is 1.35. The Morgan fingerprint density at radius 3 is 2.72 bits per heavy atom. The summed E-state index contributed by atoms with van der Waals surface area (Å²) in [6.07, 6.45) is 4.05. The molecule has 3 nitrogen and oxygen atoms in total. The summed E-state index contributed by atoms with van der Waals surface area (Å²) in [6.45, 7) is 0.910. The molecule has 1 atom stereocenters. The SMILES string of the molecule is c1ccc2c(CSc3nnc(SC[C@H]4CCCCO4)s3)cccc2c1. The van der Waals surface area contributed by atoms with Gasteiger partial charge in [-0.25, -0.2) is 0 Å². The van der Waals surface area contributed by atoms with E-state index in [1.807, 2.05) is 0 Å². The van der Waals surface area contributed by atoms with E-state index < -0.39 is 0 Å². The molecule has 1 fully saturated rings. The second kappa shape index (κ2) is 8.54. The highest BCUT2D eigenvalue weighted by Gasteiger charge is 2.15. The molecular weight excluding hydrogens is 368 g/mol. The highest BCUT2D eigenvalue weighted by molar-refractivity contribution is 8.02. The van der Waals surface area contributed by atoms with E-state index in [1.54, 1.807) is 34.9 Å². The lowest BCUT2D eigenvalue weighted by Crippen LogP contribution is -2.21. The molecule has 2 heterocycles. The number of ether oxygens (including phenoxy) is 1. The van der Waals surface area contributed by atoms with Gasteiger partial charge >= 0.3 is 0 Å². The number of thioether (sulfide) groups is 2. The molecule has 1 aliphatic rings. The summed E-state index contributed by atoms with van der Waals surface area (Å²) in [6, 6.07) is 15.0. The van der Waals surface area contributed by atoms with Crippen LogP contribution in [0.4, 0.5) is 0 Å². The van der Waals surface area contributed by atoms with E-state index >= 15 is 0 Å². The van der Waals surface area contributed by atoms with Gasteiger partial charge in [-0.05, 0) is 35.6 Å². The molecule has 0 bridgehead atoms. The number of fused-ring (bicyclic) bond motifs is 1. The predicted octanol–water partition coefficient (Wildman–Crippen LogP) is 5.64. The van der Waals surface area contributed by atoms with E-state index in [-0.39, 0.29) is 0 Å². The minimum atomic E-state index is 0.384. The van der Waals surface area contributed by atoms with Gasteiger partial charge in [0.25, 0.3) is 0 Å². The van der Waals surface area contributed by atoms with Crippen molar-refractivity contribution in [1.82, 2.24) is 10.2 Å². The molecule has 0 spiro atoms. The van der Waals surface area contributed by atoms with Gasteiger partial charge in [0, 0.05) is 18.1 Å². The van der Waals surface area contributed by atoms with Crippen molar-refractivity contribution in [2.45, 2.75) is 39.8 Å². The average Bonchev–Trinajstić information content (AvgIpc) is 3.13. The summed E-state index contributed by atoms with van der Waals surface area (Å²) in [5.74, 6) is 1.91. The fourth-order valence-electron chi connectivity index (χ4n) is 2.97. The number of hydrogen-bond donors (Lipinski definition) is 0. The van der Waals surface area contributed by atoms with Crippen molar-refractivity contribution in [2.75, 3.05) is 12.4 Å². The Bertz CT molecular complexity index is 825. The summed E-state index contributed by atoms with van der Waals surface area (Å²) < 4.78 is 7.88. The molecule has 4 rings (SSSR count). The summed E-state index contributed by atoms with van der Waals surface area (Å²) in [4.78, 5) is 0. The lowest BCUT2D eigenvalue weighted by molar-refractivity contribution is 0.0315. The molecule has 0 aliphatic carbocycles. The Hall–Kier alpha value is -1.08. The summed E-state index contributed by atoms with van der Waals surface area (Å²) in [7, 11) is 0. The summed E-state index contributed by atoms with van der Waals surface area (Å²) >= 11 is 5.24. The maximum Gasteiger partial charge on any atom is 0.175 e. The molecule has 1 aromatic heterocycles. The molecule has 25 heavy (non-hydrogen) atoms. The Kier molecular flexibility index (Phi) is 5.92. The lowest BCUT2D eigenvalue weighted by Gasteiger charge is -2.21. The number of hydrogen-bond acceptors (Lipinski definition) is 6. The van der Waals surface area contributed by atoms with Crippen molar-refractivity contribution >= 4 is 45.6 Å². The molecule has 0 unspecified atom stereocenters. The number of rotatable bonds is 6.